The van der Waals surface area contributed by atoms with Crippen molar-refractivity contribution in [1.82, 2.24) is 0 Å². The number of ether oxygens (including phenoxy) is 1. The number of fused-ring (bicyclic) bond motifs is 1. The second-order valence-corrected chi connectivity index (χ2v) is 8.37. The molecule has 27 heavy (non-hydrogen) atoms. The summed E-state index contributed by atoms with van der Waals surface area (Å²) in [5.74, 6) is -0.373. The summed E-state index contributed by atoms with van der Waals surface area (Å²) >= 11 is 0. The second-order valence-electron chi connectivity index (χ2n) is 6.36. The number of sulfone groups is 1. The molecule has 1 aliphatic rings. The van der Waals surface area contributed by atoms with Crippen LogP contribution in [0.3, 0.4) is 0 Å². The predicted molar refractivity (Wildman–Crippen MR) is 103 cm³/mol. The van der Waals surface area contributed by atoms with E-state index in [0.29, 0.717) is 5.56 Å². The van der Waals surface area contributed by atoms with Crippen molar-refractivity contribution < 1.29 is 22.3 Å². The van der Waals surface area contributed by atoms with Crippen LogP contribution in [0.1, 0.15) is 30.0 Å². The fraction of sp³-hybridized carbons (Fsp3) is 0.190. The Morgan fingerprint density at radius 1 is 1.15 bits per heavy atom. The molecular formula is C21H18FO4S. The first-order chi connectivity index (χ1) is 12.8. The van der Waals surface area contributed by atoms with Crippen molar-refractivity contribution in [2.75, 3.05) is 13.4 Å². The molecule has 0 N–H and O–H groups in total. The minimum absolute atomic E-state index is 0.0952. The highest BCUT2D eigenvalue weighted by atomic mass is 32.2. The number of halogens is 1. The van der Waals surface area contributed by atoms with E-state index < -0.39 is 15.7 Å². The van der Waals surface area contributed by atoms with Crippen molar-refractivity contribution in [3.63, 3.8) is 0 Å². The maximum absolute atomic E-state index is 14.3. The summed E-state index contributed by atoms with van der Waals surface area (Å²) in [7, 11) is -1.88. The number of hydrogen-bond acceptors (Lipinski definition) is 4. The van der Waals surface area contributed by atoms with Gasteiger partial charge in [-0.1, -0.05) is 12.1 Å². The van der Waals surface area contributed by atoms with E-state index in [2.05, 4.69) is 0 Å². The van der Waals surface area contributed by atoms with Gasteiger partial charge in [-0.25, -0.2) is 12.8 Å². The normalized spacial score (nSPS) is 15.2. The maximum atomic E-state index is 14.3. The van der Waals surface area contributed by atoms with Crippen molar-refractivity contribution >= 4 is 33.3 Å². The van der Waals surface area contributed by atoms with Crippen molar-refractivity contribution in [2.24, 2.45) is 0 Å². The molecule has 3 rings (SSSR count). The summed E-state index contributed by atoms with van der Waals surface area (Å²) in [5, 5.41) is 0. The van der Waals surface area contributed by atoms with Gasteiger partial charge >= 0.3 is 0 Å². The third kappa shape index (κ3) is 3.57. The van der Waals surface area contributed by atoms with Gasteiger partial charge in [-0.05, 0) is 70.7 Å². The highest BCUT2D eigenvalue weighted by Gasteiger charge is 2.26. The smallest absolute Gasteiger partial charge is 0.203 e. The quantitative estimate of drug-likeness (QED) is 0.779. The van der Waals surface area contributed by atoms with Gasteiger partial charge in [0.25, 0.3) is 0 Å². The van der Waals surface area contributed by atoms with Crippen LogP contribution in [0.4, 0.5) is 4.39 Å². The van der Waals surface area contributed by atoms with E-state index in [9.17, 15) is 17.6 Å². The number of allylic oxidation sites excluding steroid dienone is 3. The topological polar surface area (TPSA) is 60.4 Å². The molecule has 6 heteroatoms. The third-order valence-corrected chi connectivity index (χ3v) is 5.76. The first-order valence-corrected chi connectivity index (χ1v) is 10.1. The Balaban J connectivity index is 2.14. The molecule has 0 saturated heterocycles. The van der Waals surface area contributed by atoms with Crippen LogP contribution >= 0.6 is 0 Å². The van der Waals surface area contributed by atoms with Crippen molar-refractivity contribution in [1.29, 1.82) is 0 Å². The molecule has 4 nitrogen and oxygen atoms in total. The predicted octanol–water partition coefficient (Wildman–Crippen LogP) is 4.07. The molecule has 0 aliphatic heterocycles. The van der Waals surface area contributed by atoms with E-state index >= 15 is 0 Å². The average Bonchev–Trinajstić information content (AvgIpc) is 2.86. The number of benzene rings is 2. The molecule has 139 valence electrons. The molecule has 0 saturated carbocycles. The van der Waals surface area contributed by atoms with Gasteiger partial charge in [0, 0.05) is 12.7 Å². The summed E-state index contributed by atoms with van der Waals surface area (Å²) in [6.07, 6.45) is 5.00. The molecule has 0 heterocycles. The molecule has 0 bridgehead atoms. The van der Waals surface area contributed by atoms with E-state index in [1.165, 1.54) is 25.3 Å². The minimum Gasteiger partial charge on any atom is -0.494 e. The van der Waals surface area contributed by atoms with Crippen LogP contribution in [0.25, 0.3) is 17.2 Å². The molecule has 0 unspecified atom stereocenters. The van der Waals surface area contributed by atoms with Crippen LogP contribution in [0, 0.1) is 5.82 Å². The first kappa shape index (κ1) is 19.0. The fourth-order valence-corrected chi connectivity index (χ4v) is 3.84. The molecule has 1 radical (unpaired) electrons. The van der Waals surface area contributed by atoms with Crippen LogP contribution in [0.2, 0.25) is 0 Å². The molecule has 2 aromatic rings. The maximum Gasteiger partial charge on any atom is 0.203 e. The summed E-state index contributed by atoms with van der Waals surface area (Å²) in [6.45, 7) is 1.87. The summed E-state index contributed by atoms with van der Waals surface area (Å²) < 4.78 is 42.5. The summed E-state index contributed by atoms with van der Waals surface area (Å²) in [4.78, 5) is 11.2. The largest absolute Gasteiger partial charge is 0.494 e. The van der Waals surface area contributed by atoms with Crippen LogP contribution in [-0.4, -0.2) is 28.1 Å². The van der Waals surface area contributed by atoms with E-state index in [1.54, 1.807) is 18.2 Å². The van der Waals surface area contributed by atoms with Crippen molar-refractivity contribution in [2.45, 2.75) is 18.2 Å². The van der Waals surface area contributed by atoms with Crippen molar-refractivity contribution in [3.8, 4) is 5.75 Å². The second kappa shape index (κ2) is 7.12. The zero-order valence-electron chi connectivity index (χ0n) is 15.2. The highest BCUT2D eigenvalue weighted by molar-refractivity contribution is 7.90. The van der Waals surface area contributed by atoms with E-state index in [-0.39, 0.29) is 17.1 Å². The first-order valence-electron chi connectivity index (χ1n) is 8.21. The lowest BCUT2D eigenvalue weighted by Crippen LogP contribution is -1.96. The molecule has 0 aromatic heterocycles. The Hall–Kier alpha value is -2.73. The molecule has 0 spiro atoms. The standard InChI is InChI=1S/C21H18FO4S/c1-13-16(8-9-23)19-12-21(26-2)20(22)11-18(19)17(13)10-14-4-6-15(7-5-14)27(3,24)25/h4-7,10-12H,8H2,1-3H3. The lowest BCUT2D eigenvalue weighted by atomic mass is 10.00. The monoisotopic (exact) mass is 385 g/mol. The zero-order chi connectivity index (χ0) is 19.8. The summed E-state index contributed by atoms with van der Waals surface area (Å²) in [5.41, 5.74) is 4.60. The SMILES string of the molecule is COc1cc2c(cc1F)C(=Cc1ccc(S(C)(=O)=O)cc1)C(C)=C2C[C]=O. The van der Waals surface area contributed by atoms with Gasteiger partial charge < -0.3 is 4.74 Å². The van der Waals surface area contributed by atoms with Crippen LogP contribution in [-0.2, 0) is 14.6 Å². The van der Waals surface area contributed by atoms with E-state index in [1.807, 2.05) is 19.3 Å². The molecule has 2 aromatic carbocycles. The van der Waals surface area contributed by atoms with Gasteiger partial charge in [0.1, 0.15) is 0 Å². The van der Waals surface area contributed by atoms with Crippen LogP contribution in [0.5, 0.6) is 5.75 Å². The number of methoxy groups -OCH3 is 1. The molecular weight excluding hydrogens is 367 g/mol. The van der Waals surface area contributed by atoms with E-state index in [4.69, 9.17) is 4.74 Å². The number of hydrogen-bond donors (Lipinski definition) is 0. The Bertz CT molecular complexity index is 1080. The Kier molecular flexibility index (Phi) is 5.02. The van der Waals surface area contributed by atoms with Crippen LogP contribution < -0.4 is 4.74 Å². The third-order valence-electron chi connectivity index (χ3n) is 4.63. The minimum atomic E-state index is -3.27. The van der Waals surface area contributed by atoms with Gasteiger partial charge in [0.15, 0.2) is 21.4 Å². The number of carbonyl (C=O) groups excluding carboxylic acids is 1. The van der Waals surface area contributed by atoms with E-state index in [0.717, 1.165) is 34.1 Å². The zero-order valence-corrected chi connectivity index (χ0v) is 16.0. The highest BCUT2D eigenvalue weighted by Crippen LogP contribution is 2.45. The van der Waals surface area contributed by atoms with Gasteiger partial charge in [0.2, 0.25) is 6.29 Å². The van der Waals surface area contributed by atoms with Gasteiger partial charge in [-0.15, -0.1) is 0 Å². The van der Waals surface area contributed by atoms with Gasteiger partial charge in [0.05, 0.1) is 12.0 Å². The van der Waals surface area contributed by atoms with Gasteiger partial charge in [-0.3, -0.25) is 4.79 Å². The van der Waals surface area contributed by atoms with Crippen molar-refractivity contribution in [3.05, 3.63) is 64.5 Å². The molecule has 0 amide bonds. The molecule has 0 fully saturated rings. The molecule has 0 atom stereocenters. The molecule has 1 aliphatic carbocycles. The Morgan fingerprint density at radius 2 is 1.81 bits per heavy atom. The van der Waals surface area contributed by atoms with Crippen LogP contribution in [0.15, 0.2) is 46.9 Å². The Labute approximate surface area is 157 Å². The average molecular weight is 385 g/mol. The number of rotatable bonds is 5. The lowest BCUT2D eigenvalue weighted by molar-refractivity contribution is 0.386. The summed E-state index contributed by atoms with van der Waals surface area (Å²) in [6, 6.07) is 9.44. The fourth-order valence-electron chi connectivity index (χ4n) is 3.21. The Morgan fingerprint density at radius 3 is 2.37 bits per heavy atom. The van der Waals surface area contributed by atoms with Gasteiger partial charge in [-0.2, -0.15) is 0 Å². The lowest BCUT2D eigenvalue weighted by Gasteiger charge is -2.08.